The topological polar surface area (TPSA) is 70.8 Å². The number of nitrogens with zero attached hydrogens (tertiary/aromatic N) is 4. The van der Waals surface area contributed by atoms with E-state index >= 15 is 0 Å². The van der Waals surface area contributed by atoms with Crippen LogP contribution in [0.3, 0.4) is 0 Å². The SMILES string of the molecule is CCn1c(=O)n(CC)c2cc(-c3c(-c4ccc(F)c(C)c4)ncn3CCCN)ccc21. The highest BCUT2D eigenvalue weighted by atomic mass is 19.1. The molecule has 31 heavy (non-hydrogen) atoms. The fraction of sp³-hybridized carbons (Fsp3) is 0.333. The number of imidazole rings is 2. The van der Waals surface area contributed by atoms with Gasteiger partial charge in [-0.05, 0) is 69.6 Å². The van der Waals surface area contributed by atoms with Crippen molar-refractivity contribution in [2.24, 2.45) is 5.73 Å². The van der Waals surface area contributed by atoms with Crippen LogP contribution in [0.4, 0.5) is 4.39 Å². The predicted octanol–water partition coefficient (Wildman–Crippen LogP) is 4.17. The van der Waals surface area contributed by atoms with E-state index in [0.717, 1.165) is 46.5 Å². The average molecular weight is 422 g/mol. The van der Waals surface area contributed by atoms with Crippen molar-refractivity contribution in [2.75, 3.05) is 6.54 Å². The lowest BCUT2D eigenvalue weighted by atomic mass is 10.0. The van der Waals surface area contributed by atoms with Gasteiger partial charge in [0.25, 0.3) is 0 Å². The standard InChI is InChI=1S/C24H28FN5O/c1-4-29-20-10-8-18(14-21(20)30(5-2)24(29)31)23-22(27-15-28(23)12-6-11-26)17-7-9-19(25)16(3)13-17/h7-10,13-15H,4-6,11-12,26H2,1-3H3. The second-order valence-electron chi connectivity index (χ2n) is 7.72. The highest BCUT2D eigenvalue weighted by Gasteiger charge is 2.18. The van der Waals surface area contributed by atoms with Crippen molar-refractivity contribution in [3.8, 4) is 22.5 Å². The number of hydrogen-bond acceptors (Lipinski definition) is 3. The lowest BCUT2D eigenvalue weighted by molar-refractivity contribution is 0.619. The van der Waals surface area contributed by atoms with Crippen molar-refractivity contribution in [3.05, 3.63) is 64.6 Å². The van der Waals surface area contributed by atoms with Gasteiger partial charge in [0, 0.05) is 30.8 Å². The lowest BCUT2D eigenvalue weighted by Gasteiger charge is -2.12. The molecule has 7 heteroatoms. The Kier molecular flexibility index (Phi) is 5.78. The summed E-state index contributed by atoms with van der Waals surface area (Å²) < 4.78 is 19.5. The van der Waals surface area contributed by atoms with Crippen molar-refractivity contribution in [1.29, 1.82) is 0 Å². The number of hydrogen-bond donors (Lipinski definition) is 1. The Morgan fingerprint density at radius 1 is 1.00 bits per heavy atom. The highest BCUT2D eigenvalue weighted by Crippen LogP contribution is 2.34. The summed E-state index contributed by atoms with van der Waals surface area (Å²) in [5.74, 6) is -0.234. The summed E-state index contributed by atoms with van der Waals surface area (Å²) >= 11 is 0. The molecular formula is C24H28FN5O. The third kappa shape index (κ3) is 3.59. The highest BCUT2D eigenvalue weighted by molar-refractivity contribution is 5.86. The molecule has 0 fully saturated rings. The minimum Gasteiger partial charge on any atom is -0.330 e. The van der Waals surface area contributed by atoms with E-state index in [1.807, 2.05) is 38.4 Å². The largest absolute Gasteiger partial charge is 0.330 e. The maximum atomic E-state index is 13.9. The third-order valence-electron chi connectivity index (χ3n) is 5.80. The van der Waals surface area contributed by atoms with Crippen molar-refractivity contribution in [2.45, 2.75) is 46.8 Å². The maximum Gasteiger partial charge on any atom is 0.329 e. The molecule has 0 spiro atoms. The molecule has 6 nitrogen and oxygen atoms in total. The van der Waals surface area contributed by atoms with Crippen LogP contribution in [-0.4, -0.2) is 25.2 Å². The van der Waals surface area contributed by atoms with E-state index in [1.165, 1.54) is 6.07 Å². The molecule has 0 bridgehead atoms. The van der Waals surface area contributed by atoms with Crippen molar-refractivity contribution in [1.82, 2.24) is 18.7 Å². The van der Waals surface area contributed by atoms with E-state index in [0.29, 0.717) is 25.2 Å². The van der Waals surface area contributed by atoms with E-state index in [-0.39, 0.29) is 11.5 Å². The minimum absolute atomic E-state index is 0.00294. The summed E-state index contributed by atoms with van der Waals surface area (Å²) in [6, 6.07) is 11.2. The molecule has 0 saturated carbocycles. The summed E-state index contributed by atoms with van der Waals surface area (Å²) in [5.41, 5.74) is 11.7. The third-order valence-corrected chi connectivity index (χ3v) is 5.80. The van der Waals surface area contributed by atoms with Crippen molar-refractivity contribution >= 4 is 11.0 Å². The summed E-state index contributed by atoms with van der Waals surface area (Å²) in [6.07, 6.45) is 2.63. The summed E-state index contributed by atoms with van der Waals surface area (Å²) in [4.78, 5) is 17.4. The molecule has 0 aliphatic rings. The zero-order valence-electron chi connectivity index (χ0n) is 18.2. The second-order valence-corrected chi connectivity index (χ2v) is 7.72. The molecule has 0 aliphatic carbocycles. The number of nitrogens with two attached hydrogens (primary N) is 1. The van der Waals surface area contributed by atoms with Crippen molar-refractivity contribution < 1.29 is 4.39 Å². The quantitative estimate of drug-likeness (QED) is 0.487. The van der Waals surface area contributed by atoms with Crippen LogP contribution in [0.5, 0.6) is 0 Å². The van der Waals surface area contributed by atoms with Crippen LogP contribution in [0.1, 0.15) is 25.8 Å². The zero-order chi connectivity index (χ0) is 22.1. The molecule has 2 aromatic heterocycles. The molecule has 0 saturated heterocycles. The normalized spacial score (nSPS) is 11.5. The first-order valence-electron chi connectivity index (χ1n) is 10.7. The van der Waals surface area contributed by atoms with E-state index in [9.17, 15) is 9.18 Å². The maximum absolute atomic E-state index is 13.9. The number of aromatic nitrogens is 4. The van der Waals surface area contributed by atoms with E-state index in [1.54, 1.807) is 22.1 Å². The van der Waals surface area contributed by atoms with Gasteiger partial charge < -0.3 is 10.3 Å². The van der Waals surface area contributed by atoms with Gasteiger partial charge >= 0.3 is 5.69 Å². The molecule has 4 aromatic rings. The average Bonchev–Trinajstić information content (AvgIpc) is 3.31. The first-order chi connectivity index (χ1) is 15.0. The van der Waals surface area contributed by atoms with Gasteiger partial charge in [-0.15, -0.1) is 0 Å². The summed E-state index contributed by atoms with van der Waals surface area (Å²) in [7, 11) is 0. The lowest BCUT2D eigenvalue weighted by Crippen LogP contribution is -2.23. The van der Waals surface area contributed by atoms with Crippen LogP contribution < -0.4 is 11.4 Å². The Morgan fingerprint density at radius 2 is 1.71 bits per heavy atom. The fourth-order valence-corrected chi connectivity index (χ4v) is 4.20. The van der Waals surface area contributed by atoms with Crippen LogP contribution in [0.2, 0.25) is 0 Å². The summed E-state index contributed by atoms with van der Waals surface area (Å²) in [6.45, 7) is 8.24. The Labute approximate surface area is 180 Å². The number of halogens is 1. The second kappa shape index (κ2) is 8.51. The Morgan fingerprint density at radius 3 is 2.39 bits per heavy atom. The first kappa shape index (κ1) is 21.1. The number of fused-ring (bicyclic) bond motifs is 1. The van der Waals surface area contributed by atoms with Crippen LogP contribution >= 0.6 is 0 Å². The number of benzene rings is 2. The van der Waals surface area contributed by atoms with Crippen LogP contribution in [0.15, 0.2) is 47.5 Å². The number of rotatable bonds is 7. The molecule has 0 atom stereocenters. The van der Waals surface area contributed by atoms with Crippen LogP contribution in [-0.2, 0) is 19.6 Å². The molecule has 0 unspecified atom stereocenters. The van der Waals surface area contributed by atoms with E-state index in [4.69, 9.17) is 5.73 Å². The Hall–Kier alpha value is -3.19. The molecule has 0 amide bonds. The predicted molar refractivity (Wildman–Crippen MR) is 123 cm³/mol. The fourth-order valence-electron chi connectivity index (χ4n) is 4.20. The summed E-state index contributed by atoms with van der Waals surface area (Å²) in [5, 5.41) is 0. The molecule has 2 aromatic carbocycles. The van der Waals surface area contributed by atoms with Gasteiger partial charge in [-0.2, -0.15) is 0 Å². The van der Waals surface area contributed by atoms with Gasteiger partial charge in [0.15, 0.2) is 0 Å². The molecule has 4 rings (SSSR count). The van der Waals surface area contributed by atoms with Gasteiger partial charge in [-0.3, -0.25) is 9.13 Å². The van der Waals surface area contributed by atoms with Gasteiger partial charge in [0.2, 0.25) is 0 Å². The van der Waals surface area contributed by atoms with E-state index < -0.39 is 0 Å². The Bertz CT molecular complexity index is 1300. The molecule has 0 radical (unpaired) electrons. The van der Waals surface area contributed by atoms with Crippen molar-refractivity contribution in [3.63, 3.8) is 0 Å². The van der Waals surface area contributed by atoms with Gasteiger partial charge in [0.05, 0.1) is 28.7 Å². The van der Waals surface area contributed by atoms with Crippen LogP contribution in [0, 0.1) is 12.7 Å². The monoisotopic (exact) mass is 421 g/mol. The van der Waals surface area contributed by atoms with Crippen LogP contribution in [0.25, 0.3) is 33.5 Å². The molecule has 2 heterocycles. The van der Waals surface area contributed by atoms with Gasteiger partial charge in [0.1, 0.15) is 5.82 Å². The van der Waals surface area contributed by atoms with Gasteiger partial charge in [-0.25, -0.2) is 14.2 Å². The Balaban J connectivity index is 1.95. The molecule has 162 valence electrons. The van der Waals surface area contributed by atoms with E-state index in [2.05, 4.69) is 15.6 Å². The first-order valence-corrected chi connectivity index (χ1v) is 10.7. The number of aryl methyl sites for hydroxylation is 4. The molecule has 2 N–H and O–H groups in total. The smallest absolute Gasteiger partial charge is 0.329 e. The van der Waals surface area contributed by atoms with Gasteiger partial charge in [-0.1, -0.05) is 6.07 Å². The molecule has 0 aliphatic heterocycles. The zero-order valence-corrected chi connectivity index (χ0v) is 18.2. The molecular weight excluding hydrogens is 393 g/mol. The minimum atomic E-state index is -0.234.